The lowest BCUT2D eigenvalue weighted by Gasteiger charge is -2.18. The zero-order valence-electron chi connectivity index (χ0n) is 44.3. The van der Waals surface area contributed by atoms with Crippen molar-refractivity contribution in [3.05, 3.63) is 182 Å². The summed E-state index contributed by atoms with van der Waals surface area (Å²) in [6.45, 7) is 0. The third-order valence-corrected chi connectivity index (χ3v) is 8.62. The minimum Gasteiger partial charge on any atom is -0.456 e. The molecule has 0 atom stereocenters. The first-order chi connectivity index (χ1) is 32.2. The van der Waals surface area contributed by atoms with Gasteiger partial charge in [0, 0.05) is 10.8 Å². The van der Waals surface area contributed by atoms with E-state index in [4.69, 9.17) is 16.8 Å². The summed E-state index contributed by atoms with van der Waals surface area (Å²) in [6, 6.07) is 5.18. The predicted molar refractivity (Wildman–Crippen MR) is 208 cm³/mol. The summed E-state index contributed by atoms with van der Waals surface area (Å²) in [5.74, 6) is 0. The van der Waals surface area contributed by atoms with Gasteiger partial charge in [0.2, 0.25) is 0 Å². The van der Waals surface area contributed by atoms with E-state index in [2.05, 4.69) is 0 Å². The Morgan fingerprint density at radius 3 is 1.69 bits per heavy atom. The van der Waals surface area contributed by atoms with E-state index in [1.165, 1.54) is 0 Å². The van der Waals surface area contributed by atoms with Crippen LogP contribution in [-0.4, -0.2) is 0 Å². The Morgan fingerprint density at radius 2 is 1.00 bits per heavy atom. The average Bonchev–Trinajstić information content (AvgIpc) is 3.71. The Hall–Kier alpha value is -6.44. The van der Waals surface area contributed by atoms with Crippen LogP contribution in [0.2, 0.25) is 0 Å². The number of hydrogen-bond acceptors (Lipinski definition) is 1. The minimum absolute atomic E-state index is 0.115. The van der Waals surface area contributed by atoms with Gasteiger partial charge in [-0.1, -0.05) is 151 Å². The van der Waals surface area contributed by atoms with Crippen molar-refractivity contribution in [1.82, 2.24) is 0 Å². The second-order valence-corrected chi connectivity index (χ2v) is 11.4. The fourth-order valence-electron chi connectivity index (χ4n) is 6.48. The summed E-state index contributed by atoms with van der Waals surface area (Å²) in [7, 11) is 0. The van der Waals surface area contributed by atoms with Gasteiger partial charge in [0.1, 0.15) is 11.2 Å². The van der Waals surface area contributed by atoms with E-state index in [0.29, 0.717) is 11.2 Å². The van der Waals surface area contributed by atoms with Gasteiger partial charge in [-0.05, 0) is 107 Å². The molecule has 0 aliphatic heterocycles. The Kier molecular flexibility index (Phi) is 3.34. The van der Waals surface area contributed by atoms with Crippen molar-refractivity contribution in [2.75, 3.05) is 0 Å². The van der Waals surface area contributed by atoms with E-state index in [0.717, 1.165) is 21.9 Å². The molecule has 0 aliphatic carbocycles. The maximum absolute atomic E-state index is 9.72. The maximum Gasteiger partial charge on any atom is 0.136 e. The van der Waals surface area contributed by atoms with Crippen molar-refractivity contribution >= 4 is 54.3 Å². The molecule has 0 N–H and O–H groups in total. The molecule has 10 aromatic rings. The minimum atomic E-state index is -0.869. The highest BCUT2D eigenvalue weighted by Crippen LogP contribution is 2.44. The predicted octanol–water partition coefficient (Wildman–Crippen LogP) is 13.7. The Labute approximate surface area is 311 Å². The lowest BCUT2D eigenvalue weighted by Crippen LogP contribution is -1.90. The summed E-state index contributed by atoms with van der Waals surface area (Å²) in [5.41, 5.74) is 0.553. The van der Waals surface area contributed by atoms with Crippen molar-refractivity contribution in [2.45, 2.75) is 0 Å². The van der Waals surface area contributed by atoms with E-state index in [9.17, 15) is 13.7 Å². The Bertz CT molecular complexity index is 3850. The SMILES string of the molecule is [2H]c1c([2H])c([2H])c(-c2c3c([2H])c([2H])c([2H])c([2H])c3c(-c3c([2H])c([2H])c4c([2H])c(-c5ccc6c(c5)oc5cccc(-c7ccccc7)c56)c([2H])c([2H])c4c3[2H])c3c([2H])c([2H])c([2H])c([2H])c23)c([2H])c1[2H]. The highest BCUT2D eigenvalue weighted by molar-refractivity contribution is 6.21. The number of fused-ring (bicyclic) bond motifs is 6. The standard InChI is InChI=1S/C48H30O/c1-3-12-31(13-4-1)38-20-11-21-44-48(38)43-27-26-36(30-45(43)49-44)34-22-23-35-29-37(25-24-33(35)28-34)47-41-18-9-7-16-39(41)46(32-14-5-2-6-15-32)40-17-8-10-19-42(40)47/h1-30H/i2D,5D,6D,7D,8D,9D,10D,14D,15D,16D,17D,18D,19D,22D,23D,24D,25D,28D,29D. The van der Waals surface area contributed by atoms with Crippen molar-refractivity contribution in [2.24, 2.45) is 0 Å². The van der Waals surface area contributed by atoms with E-state index in [1.807, 2.05) is 48.5 Å². The first kappa shape index (κ1) is 14.8. The summed E-state index contributed by atoms with van der Waals surface area (Å²) in [4.78, 5) is 0. The summed E-state index contributed by atoms with van der Waals surface area (Å²) in [6.07, 6.45) is 0. The largest absolute Gasteiger partial charge is 0.456 e. The van der Waals surface area contributed by atoms with Crippen LogP contribution in [0.3, 0.4) is 0 Å². The third-order valence-electron chi connectivity index (χ3n) is 8.62. The second-order valence-electron chi connectivity index (χ2n) is 11.4. The molecule has 0 saturated carbocycles. The van der Waals surface area contributed by atoms with E-state index in [-0.39, 0.29) is 16.5 Å². The summed E-state index contributed by atoms with van der Waals surface area (Å²) >= 11 is 0. The van der Waals surface area contributed by atoms with E-state index in [1.54, 1.807) is 18.2 Å². The van der Waals surface area contributed by atoms with Crippen LogP contribution >= 0.6 is 0 Å². The second kappa shape index (κ2) is 11.1. The first-order valence-corrected chi connectivity index (χ1v) is 15.3. The van der Waals surface area contributed by atoms with Crippen LogP contribution in [0, 0.1) is 0 Å². The first-order valence-electron chi connectivity index (χ1n) is 24.8. The van der Waals surface area contributed by atoms with Crippen molar-refractivity contribution in [3.8, 4) is 44.5 Å². The highest BCUT2D eigenvalue weighted by atomic mass is 16.3. The van der Waals surface area contributed by atoms with Crippen LogP contribution in [0.4, 0.5) is 0 Å². The van der Waals surface area contributed by atoms with Crippen LogP contribution in [0.25, 0.3) is 98.8 Å². The van der Waals surface area contributed by atoms with E-state index >= 15 is 0 Å². The average molecular weight is 642 g/mol. The lowest BCUT2D eigenvalue weighted by atomic mass is 9.85. The van der Waals surface area contributed by atoms with Crippen LogP contribution < -0.4 is 0 Å². The van der Waals surface area contributed by atoms with Crippen LogP contribution in [0.15, 0.2) is 186 Å². The molecule has 0 unspecified atom stereocenters. The van der Waals surface area contributed by atoms with Gasteiger partial charge < -0.3 is 4.42 Å². The van der Waals surface area contributed by atoms with Crippen molar-refractivity contribution in [3.63, 3.8) is 0 Å². The molecule has 1 heterocycles. The van der Waals surface area contributed by atoms with Gasteiger partial charge >= 0.3 is 0 Å². The zero-order chi connectivity index (χ0) is 48.8. The molecule has 0 spiro atoms. The third kappa shape index (κ3) is 4.47. The van der Waals surface area contributed by atoms with Crippen molar-refractivity contribution in [1.29, 1.82) is 0 Å². The van der Waals surface area contributed by atoms with Gasteiger partial charge in [-0.25, -0.2) is 0 Å². The molecule has 0 fully saturated rings. The smallest absolute Gasteiger partial charge is 0.136 e. The maximum atomic E-state index is 9.72. The molecule has 0 aliphatic rings. The molecule has 9 aromatic carbocycles. The molecule has 0 radical (unpaired) electrons. The summed E-state index contributed by atoms with van der Waals surface area (Å²) in [5, 5.41) is -1.61. The fraction of sp³-hybridized carbons (Fsp3) is 0. The van der Waals surface area contributed by atoms with Gasteiger partial charge in [-0.3, -0.25) is 0 Å². The molecule has 1 nitrogen and oxygen atoms in total. The van der Waals surface area contributed by atoms with Crippen LogP contribution in [-0.2, 0) is 0 Å². The molecule has 10 rings (SSSR count). The Morgan fingerprint density at radius 1 is 0.388 bits per heavy atom. The molecule has 0 bridgehead atoms. The van der Waals surface area contributed by atoms with Crippen LogP contribution in [0.5, 0.6) is 0 Å². The number of benzene rings is 9. The molecule has 0 saturated heterocycles. The number of hydrogen-bond donors (Lipinski definition) is 0. The normalized spacial score (nSPS) is 17.1. The molecule has 1 aromatic heterocycles. The lowest BCUT2D eigenvalue weighted by molar-refractivity contribution is 0.669. The van der Waals surface area contributed by atoms with Gasteiger partial charge in [0.05, 0.1) is 26.0 Å². The molecular weight excluding hydrogens is 593 g/mol. The zero-order valence-corrected chi connectivity index (χ0v) is 25.3. The molecule has 49 heavy (non-hydrogen) atoms. The van der Waals surface area contributed by atoms with Gasteiger partial charge in [0.25, 0.3) is 0 Å². The Balaban J connectivity index is 1.33. The molecule has 1 heteroatoms. The van der Waals surface area contributed by atoms with Crippen LogP contribution in [0.1, 0.15) is 26.0 Å². The monoisotopic (exact) mass is 641 g/mol. The van der Waals surface area contributed by atoms with E-state index < -0.39 is 164 Å². The number of furan rings is 1. The molecular formula is C48H30O. The fourth-order valence-corrected chi connectivity index (χ4v) is 6.48. The highest BCUT2D eigenvalue weighted by Gasteiger charge is 2.17. The number of rotatable bonds is 4. The topological polar surface area (TPSA) is 13.1 Å². The summed E-state index contributed by atoms with van der Waals surface area (Å²) < 4.78 is 178. The molecule has 228 valence electrons. The van der Waals surface area contributed by atoms with Gasteiger partial charge in [0.15, 0.2) is 0 Å². The quantitative estimate of drug-likeness (QED) is 0.174. The van der Waals surface area contributed by atoms with Gasteiger partial charge in [-0.2, -0.15) is 0 Å². The van der Waals surface area contributed by atoms with Crippen molar-refractivity contribution < 1.29 is 30.5 Å². The molecule has 0 amide bonds. The van der Waals surface area contributed by atoms with Gasteiger partial charge in [-0.15, -0.1) is 0 Å².